The van der Waals surface area contributed by atoms with Crippen LogP contribution in [0.2, 0.25) is 0 Å². The fraction of sp³-hybridized carbons (Fsp3) is 0.640. The number of aromatic nitrogens is 3. The topological polar surface area (TPSA) is 87.2 Å². The predicted molar refractivity (Wildman–Crippen MR) is 132 cm³/mol. The van der Waals surface area contributed by atoms with Crippen molar-refractivity contribution >= 4 is 23.5 Å². The summed E-state index contributed by atoms with van der Waals surface area (Å²) in [6.45, 7) is 5.20. The van der Waals surface area contributed by atoms with Crippen LogP contribution in [-0.4, -0.2) is 58.7 Å². The first-order chi connectivity index (χ1) is 16.6. The van der Waals surface area contributed by atoms with Crippen molar-refractivity contribution in [3.63, 3.8) is 0 Å². The van der Waals surface area contributed by atoms with Crippen molar-refractivity contribution in [1.29, 1.82) is 0 Å². The van der Waals surface area contributed by atoms with Gasteiger partial charge in [0.2, 0.25) is 17.8 Å². The number of nitrogens with zero attached hydrogens (tertiary/aromatic N) is 4. The van der Waals surface area contributed by atoms with Crippen LogP contribution in [0.3, 0.4) is 0 Å². The number of nitrogens with one attached hydrogen (secondary N) is 3. The van der Waals surface area contributed by atoms with E-state index in [0.717, 1.165) is 25.6 Å². The van der Waals surface area contributed by atoms with E-state index in [1.807, 2.05) is 0 Å². The lowest BCUT2D eigenvalue weighted by molar-refractivity contribution is 0.157. The highest BCUT2D eigenvalue weighted by Crippen LogP contribution is 2.42. The van der Waals surface area contributed by atoms with Gasteiger partial charge in [0.05, 0.1) is 7.11 Å². The van der Waals surface area contributed by atoms with E-state index in [2.05, 4.69) is 37.7 Å². The van der Waals surface area contributed by atoms with Crippen LogP contribution in [0.15, 0.2) is 18.2 Å². The van der Waals surface area contributed by atoms with E-state index in [1.54, 1.807) is 12.1 Å². The molecule has 6 rings (SSSR count). The summed E-state index contributed by atoms with van der Waals surface area (Å²) in [5, 5.41) is 10.2. The third-order valence-corrected chi connectivity index (χ3v) is 7.81. The van der Waals surface area contributed by atoms with Crippen molar-refractivity contribution in [3.05, 3.63) is 24.0 Å². The molecule has 0 amide bonds. The first-order valence-corrected chi connectivity index (χ1v) is 12.7. The van der Waals surface area contributed by atoms with Crippen molar-refractivity contribution in [1.82, 2.24) is 19.9 Å². The van der Waals surface area contributed by atoms with Gasteiger partial charge in [-0.15, -0.1) is 0 Å². The zero-order valence-electron chi connectivity index (χ0n) is 20.2. The maximum atomic E-state index is 14.2. The van der Waals surface area contributed by atoms with Crippen LogP contribution in [-0.2, 0) is 0 Å². The molecule has 3 aliphatic carbocycles. The number of rotatable bonds is 9. The summed E-state index contributed by atoms with van der Waals surface area (Å²) in [5.74, 6) is 2.77. The summed E-state index contributed by atoms with van der Waals surface area (Å²) in [4.78, 5) is 16.4. The minimum atomic E-state index is -0.433. The van der Waals surface area contributed by atoms with Crippen molar-refractivity contribution in [3.8, 4) is 5.75 Å². The number of likely N-dealkylation sites (tertiary alicyclic amines) is 1. The normalized spacial score (nSPS) is 26.4. The van der Waals surface area contributed by atoms with Gasteiger partial charge in [-0.25, -0.2) is 4.39 Å². The number of ether oxygens (including phenoxy) is 1. The SMILES string of the molecule is CCN1CCCC1CNc1nc(Nc2ccc(OC)c(F)c2)nc(NC2CC3CCC2CC3)n1. The quantitative estimate of drug-likeness (QED) is 0.489. The van der Waals surface area contributed by atoms with Crippen molar-refractivity contribution in [2.24, 2.45) is 11.8 Å². The lowest BCUT2D eigenvalue weighted by atomic mass is 9.68. The number of halogens is 1. The van der Waals surface area contributed by atoms with E-state index in [4.69, 9.17) is 9.72 Å². The highest BCUT2D eigenvalue weighted by molar-refractivity contribution is 5.57. The molecule has 2 unspecified atom stereocenters. The van der Waals surface area contributed by atoms with Crippen LogP contribution in [0.25, 0.3) is 0 Å². The van der Waals surface area contributed by atoms with Crippen molar-refractivity contribution in [2.75, 3.05) is 42.7 Å². The molecule has 1 aliphatic heterocycles. The van der Waals surface area contributed by atoms with Gasteiger partial charge in [0.25, 0.3) is 0 Å². The lowest BCUT2D eigenvalue weighted by Crippen LogP contribution is -2.40. The molecule has 2 aromatic rings. The van der Waals surface area contributed by atoms with E-state index in [9.17, 15) is 4.39 Å². The van der Waals surface area contributed by atoms with Crippen LogP contribution < -0.4 is 20.7 Å². The summed E-state index contributed by atoms with van der Waals surface area (Å²) >= 11 is 0. The Morgan fingerprint density at radius 2 is 1.85 bits per heavy atom. The van der Waals surface area contributed by atoms with E-state index in [-0.39, 0.29) is 5.75 Å². The molecule has 3 saturated carbocycles. The smallest absolute Gasteiger partial charge is 0.233 e. The molecule has 2 heterocycles. The van der Waals surface area contributed by atoms with Gasteiger partial charge in [0.15, 0.2) is 11.6 Å². The number of likely N-dealkylation sites (N-methyl/N-ethyl adjacent to an activating group) is 1. The van der Waals surface area contributed by atoms with Gasteiger partial charge in [0.1, 0.15) is 0 Å². The van der Waals surface area contributed by atoms with Crippen molar-refractivity contribution < 1.29 is 9.13 Å². The maximum Gasteiger partial charge on any atom is 0.233 e. The Balaban J connectivity index is 1.35. The molecular weight excluding hydrogens is 433 g/mol. The lowest BCUT2D eigenvalue weighted by Gasteiger charge is -2.42. The second-order valence-electron chi connectivity index (χ2n) is 9.85. The van der Waals surface area contributed by atoms with Crippen LogP contribution >= 0.6 is 0 Å². The molecule has 1 saturated heterocycles. The van der Waals surface area contributed by atoms with E-state index in [0.29, 0.717) is 41.5 Å². The Labute approximate surface area is 201 Å². The fourth-order valence-electron chi connectivity index (χ4n) is 5.92. The maximum absolute atomic E-state index is 14.2. The molecule has 184 valence electrons. The minimum absolute atomic E-state index is 0.204. The zero-order chi connectivity index (χ0) is 23.5. The largest absolute Gasteiger partial charge is 0.494 e. The molecule has 1 aromatic heterocycles. The average molecular weight is 470 g/mol. The molecule has 4 fully saturated rings. The molecule has 0 spiro atoms. The fourth-order valence-corrected chi connectivity index (χ4v) is 5.92. The molecule has 2 bridgehead atoms. The second-order valence-corrected chi connectivity index (χ2v) is 9.85. The Hall–Kier alpha value is -2.68. The molecule has 0 radical (unpaired) electrons. The highest BCUT2D eigenvalue weighted by Gasteiger charge is 2.36. The van der Waals surface area contributed by atoms with Gasteiger partial charge in [-0.3, -0.25) is 4.90 Å². The number of fused-ring (bicyclic) bond motifs is 3. The van der Waals surface area contributed by atoms with Crippen LogP contribution in [0, 0.1) is 17.7 Å². The summed E-state index contributed by atoms with van der Waals surface area (Å²) < 4.78 is 19.3. The van der Waals surface area contributed by atoms with Crippen LogP contribution in [0.1, 0.15) is 51.9 Å². The monoisotopic (exact) mass is 469 g/mol. The molecule has 1 aromatic carbocycles. The molecule has 2 atom stereocenters. The van der Waals surface area contributed by atoms with Gasteiger partial charge in [-0.2, -0.15) is 15.0 Å². The number of anilines is 4. The highest BCUT2D eigenvalue weighted by atomic mass is 19.1. The molecule has 3 N–H and O–H groups in total. The van der Waals surface area contributed by atoms with Crippen LogP contribution in [0.4, 0.5) is 27.9 Å². The van der Waals surface area contributed by atoms with Gasteiger partial charge in [0, 0.05) is 30.4 Å². The summed E-state index contributed by atoms with van der Waals surface area (Å²) in [6.07, 6.45) is 8.84. The molecule has 8 nitrogen and oxygen atoms in total. The summed E-state index contributed by atoms with van der Waals surface area (Å²) in [7, 11) is 1.45. The van der Waals surface area contributed by atoms with Gasteiger partial charge >= 0.3 is 0 Å². The molecule has 9 heteroatoms. The number of hydrogen-bond acceptors (Lipinski definition) is 8. The Morgan fingerprint density at radius 3 is 2.56 bits per heavy atom. The first-order valence-electron chi connectivity index (χ1n) is 12.7. The standard InChI is InChI=1S/C25H36FN7O/c1-3-33-12-4-5-19(33)15-27-23-30-24(28-18-10-11-22(34-2)20(26)14-18)32-25(31-23)29-21-13-16-6-8-17(21)9-7-16/h10-11,14,16-17,19,21H,3-9,12-13,15H2,1-2H3,(H3,27,28,29,30,31,32). The molecule has 34 heavy (non-hydrogen) atoms. The summed E-state index contributed by atoms with van der Waals surface area (Å²) in [5.41, 5.74) is 0.561. The molecule has 4 aliphatic rings. The van der Waals surface area contributed by atoms with Gasteiger partial charge in [-0.05, 0) is 69.2 Å². The van der Waals surface area contributed by atoms with Crippen molar-refractivity contribution in [2.45, 2.75) is 64.0 Å². The Bertz CT molecular complexity index is 982. The third kappa shape index (κ3) is 5.19. The second kappa shape index (κ2) is 10.3. The number of methoxy groups -OCH3 is 1. The Morgan fingerprint density at radius 1 is 1.06 bits per heavy atom. The van der Waals surface area contributed by atoms with Crippen LogP contribution in [0.5, 0.6) is 5.75 Å². The zero-order valence-corrected chi connectivity index (χ0v) is 20.2. The van der Waals surface area contributed by atoms with Gasteiger partial charge < -0.3 is 20.7 Å². The minimum Gasteiger partial charge on any atom is -0.494 e. The third-order valence-electron chi connectivity index (χ3n) is 7.81. The number of hydrogen-bond donors (Lipinski definition) is 3. The summed E-state index contributed by atoms with van der Waals surface area (Å²) in [6, 6.07) is 5.62. The predicted octanol–water partition coefficient (Wildman–Crippen LogP) is 4.65. The molecular formula is C25H36FN7O. The number of benzene rings is 1. The van der Waals surface area contributed by atoms with Gasteiger partial charge in [-0.1, -0.05) is 19.8 Å². The average Bonchev–Trinajstić information content (AvgIpc) is 3.31. The van der Waals surface area contributed by atoms with E-state index < -0.39 is 5.82 Å². The Kier molecular flexibility index (Phi) is 6.99. The van der Waals surface area contributed by atoms with E-state index in [1.165, 1.54) is 58.1 Å². The first kappa shape index (κ1) is 23.1. The van der Waals surface area contributed by atoms with E-state index >= 15 is 0 Å².